The number of aryl methyl sites for hydroxylation is 1. The van der Waals surface area contributed by atoms with Crippen LogP contribution >= 0.6 is 11.8 Å². The fourth-order valence-corrected chi connectivity index (χ4v) is 4.24. The number of para-hydroxylation sites is 1. The first-order chi connectivity index (χ1) is 14.7. The highest BCUT2D eigenvalue weighted by molar-refractivity contribution is 7.98. The van der Waals surface area contributed by atoms with Crippen LogP contribution in [0.2, 0.25) is 0 Å². The first-order valence-electron chi connectivity index (χ1n) is 10.2. The van der Waals surface area contributed by atoms with Gasteiger partial charge in [0.1, 0.15) is 5.75 Å². The van der Waals surface area contributed by atoms with E-state index in [4.69, 9.17) is 19.2 Å². The van der Waals surface area contributed by atoms with Crippen molar-refractivity contribution in [2.24, 2.45) is 0 Å². The molecule has 0 aliphatic heterocycles. The second-order valence-electron chi connectivity index (χ2n) is 6.62. The van der Waals surface area contributed by atoms with Crippen molar-refractivity contribution in [3.8, 4) is 5.75 Å². The second-order valence-corrected chi connectivity index (χ2v) is 7.56. The third-order valence-corrected chi connectivity index (χ3v) is 5.67. The van der Waals surface area contributed by atoms with Crippen molar-refractivity contribution in [3.05, 3.63) is 53.6 Å². The Morgan fingerprint density at radius 1 is 1.13 bits per heavy atom. The number of hydrogen-bond donors (Lipinski definition) is 0. The number of fused-ring (bicyclic) bond motifs is 1. The van der Waals surface area contributed by atoms with Gasteiger partial charge in [0.25, 0.3) is 0 Å². The molecule has 0 saturated heterocycles. The van der Waals surface area contributed by atoms with Gasteiger partial charge in [0.15, 0.2) is 5.16 Å². The summed E-state index contributed by atoms with van der Waals surface area (Å²) in [4.78, 5) is 16.9. The molecule has 0 N–H and O–H groups in total. The Bertz CT molecular complexity index is 986. The lowest BCUT2D eigenvalue weighted by Crippen LogP contribution is -2.05. The van der Waals surface area contributed by atoms with Crippen molar-refractivity contribution in [1.82, 2.24) is 9.55 Å². The molecule has 7 heteroatoms. The molecule has 0 unspecified atom stereocenters. The number of ether oxygens (including phenoxy) is 3. The van der Waals surface area contributed by atoms with Gasteiger partial charge in [-0.2, -0.15) is 0 Å². The van der Waals surface area contributed by atoms with Crippen molar-refractivity contribution in [2.75, 3.05) is 26.9 Å². The van der Waals surface area contributed by atoms with E-state index < -0.39 is 0 Å². The van der Waals surface area contributed by atoms with Gasteiger partial charge in [0, 0.05) is 31.1 Å². The van der Waals surface area contributed by atoms with Crippen LogP contribution in [0.15, 0.2) is 47.6 Å². The van der Waals surface area contributed by atoms with Crippen molar-refractivity contribution in [3.63, 3.8) is 0 Å². The fourth-order valence-electron chi connectivity index (χ4n) is 3.21. The zero-order valence-electron chi connectivity index (χ0n) is 17.7. The Morgan fingerprint density at radius 2 is 1.97 bits per heavy atom. The SMILES string of the molecule is CCOCCCn1c(SCc2ccccc2OC)nc2cc(C(=O)OCC)ccc21. The maximum Gasteiger partial charge on any atom is 0.338 e. The zero-order valence-corrected chi connectivity index (χ0v) is 18.5. The van der Waals surface area contributed by atoms with E-state index in [0.717, 1.165) is 46.2 Å². The van der Waals surface area contributed by atoms with Gasteiger partial charge in [-0.25, -0.2) is 9.78 Å². The average molecular weight is 429 g/mol. The fraction of sp³-hybridized carbons (Fsp3) is 0.391. The quantitative estimate of drug-likeness (QED) is 0.245. The average Bonchev–Trinajstić information content (AvgIpc) is 3.12. The molecule has 3 aromatic rings. The number of thioether (sulfide) groups is 1. The molecule has 160 valence electrons. The van der Waals surface area contributed by atoms with E-state index in [1.807, 2.05) is 31.2 Å². The molecule has 0 bridgehead atoms. The van der Waals surface area contributed by atoms with E-state index in [1.165, 1.54) is 0 Å². The minimum Gasteiger partial charge on any atom is -0.496 e. The number of nitrogens with zero attached hydrogens (tertiary/aromatic N) is 2. The number of hydrogen-bond acceptors (Lipinski definition) is 6. The summed E-state index contributed by atoms with van der Waals surface area (Å²) in [6.45, 7) is 6.36. The normalized spacial score (nSPS) is 11.0. The summed E-state index contributed by atoms with van der Waals surface area (Å²) in [7, 11) is 1.68. The monoisotopic (exact) mass is 428 g/mol. The van der Waals surface area contributed by atoms with E-state index in [9.17, 15) is 4.79 Å². The van der Waals surface area contributed by atoms with Gasteiger partial charge in [0.05, 0.1) is 30.3 Å². The van der Waals surface area contributed by atoms with Crippen molar-refractivity contribution < 1.29 is 19.0 Å². The van der Waals surface area contributed by atoms with Crippen molar-refractivity contribution in [2.45, 2.75) is 37.7 Å². The number of carbonyl (C=O) groups excluding carboxylic acids is 1. The molecule has 3 rings (SSSR count). The molecule has 0 radical (unpaired) electrons. The number of aromatic nitrogens is 2. The van der Waals surface area contributed by atoms with Crippen LogP contribution in [0, 0.1) is 0 Å². The minimum absolute atomic E-state index is 0.325. The molecule has 0 aliphatic rings. The Balaban J connectivity index is 1.88. The maximum absolute atomic E-state index is 12.1. The summed E-state index contributed by atoms with van der Waals surface area (Å²) in [6.07, 6.45) is 0.890. The van der Waals surface area contributed by atoms with Crippen LogP contribution in [0.1, 0.15) is 36.2 Å². The van der Waals surface area contributed by atoms with Crippen molar-refractivity contribution in [1.29, 1.82) is 0 Å². The standard InChI is InChI=1S/C23H28N2O4S/c1-4-28-14-8-13-25-20-12-11-17(22(26)29-5-2)15-19(20)24-23(25)30-16-18-9-6-7-10-21(18)27-3/h6-7,9-12,15H,4-5,8,13-14,16H2,1-3H3. The molecule has 6 nitrogen and oxygen atoms in total. The summed E-state index contributed by atoms with van der Waals surface area (Å²) in [5, 5.41) is 0.911. The number of benzene rings is 2. The molecule has 1 aromatic heterocycles. The van der Waals surface area contributed by atoms with E-state index in [-0.39, 0.29) is 5.97 Å². The first kappa shape index (κ1) is 22.2. The molecule has 0 aliphatic carbocycles. The summed E-state index contributed by atoms with van der Waals surface area (Å²) in [6, 6.07) is 13.6. The lowest BCUT2D eigenvalue weighted by Gasteiger charge is -2.11. The Morgan fingerprint density at radius 3 is 2.73 bits per heavy atom. The summed E-state index contributed by atoms with van der Waals surface area (Å²) in [5.74, 6) is 1.28. The highest BCUT2D eigenvalue weighted by Crippen LogP contribution is 2.30. The van der Waals surface area contributed by atoms with Crippen LogP contribution in [0.3, 0.4) is 0 Å². The van der Waals surface area contributed by atoms with Crippen LogP contribution in [0.4, 0.5) is 0 Å². The molecule has 0 saturated carbocycles. The third kappa shape index (κ3) is 5.34. The summed E-state index contributed by atoms with van der Waals surface area (Å²) < 4.78 is 18.3. The predicted octanol–water partition coefficient (Wildman–Crippen LogP) is 4.94. The minimum atomic E-state index is -0.325. The number of imidazole rings is 1. The summed E-state index contributed by atoms with van der Waals surface area (Å²) >= 11 is 1.66. The van der Waals surface area contributed by atoms with Crippen LogP contribution < -0.4 is 4.74 Å². The van der Waals surface area contributed by atoms with E-state index in [2.05, 4.69) is 10.6 Å². The Labute approximate surface area is 181 Å². The van der Waals surface area contributed by atoms with Crippen LogP contribution in [0.25, 0.3) is 11.0 Å². The highest BCUT2D eigenvalue weighted by atomic mass is 32.2. The maximum atomic E-state index is 12.1. The van der Waals surface area contributed by atoms with Gasteiger partial charge in [-0.15, -0.1) is 0 Å². The van der Waals surface area contributed by atoms with E-state index >= 15 is 0 Å². The lowest BCUT2D eigenvalue weighted by molar-refractivity contribution is 0.0526. The van der Waals surface area contributed by atoms with Crippen LogP contribution in [0.5, 0.6) is 5.75 Å². The molecule has 0 fully saturated rings. The smallest absolute Gasteiger partial charge is 0.338 e. The molecule has 0 amide bonds. The lowest BCUT2D eigenvalue weighted by atomic mass is 10.2. The molecular weight excluding hydrogens is 400 g/mol. The molecular formula is C23H28N2O4S. The largest absolute Gasteiger partial charge is 0.496 e. The number of methoxy groups -OCH3 is 1. The molecule has 0 spiro atoms. The third-order valence-electron chi connectivity index (χ3n) is 4.65. The molecule has 2 aromatic carbocycles. The topological polar surface area (TPSA) is 62.6 Å². The summed E-state index contributed by atoms with van der Waals surface area (Å²) in [5.41, 5.74) is 3.43. The van der Waals surface area contributed by atoms with Gasteiger partial charge < -0.3 is 18.8 Å². The Hall–Kier alpha value is -2.51. The van der Waals surface area contributed by atoms with Gasteiger partial charge in [0.2, 0.25) is 0 Å². The highest BCUT2D eigenvalue weighted by Gasteiger charge is 2.15. The molecule has 0 atom stereocenters. The van der Waals surface area contributed by atoms with Crippen LogP contribution in [-0.4, -0.2) is 42.5 Å². The number of carbonyl (C=O) groups is 1. The van der Waals surface area contributed by atoms with E-state index in [1.54, 1.807) is 37.9 Å². The van der Waals surface area contributed by atoms with E-state index in [0.29, 0.717) is 25.4 Å². The van der Waals surface area contributed by atoms with Crippen LogP contribution in [-0.2, 0) is 21.8 Å². The zero-order chi connectivity index (χ0) is 21.3. The Kier molecular flexibility index (Phi) is 8.16. The number of esters is 1. The second kappa shape index (κ2) is 11.0. The first-order valence-corrected chi connectivity index (χ1v) is 11.2. The molecule has 30 heavy (non-hydrogen) atoms. The van der Waals surface area contributed by atoms with Gasteiger partial charge >= 0.3 is 5.97 Å². The van der Waals surface area contributed by atoms with Gasteiger partial charge in [-0.3, -0.25) is 0 Å². The molecule has 1 heterocycles. The van der Waals surface area contributed by atoms with Gasteiger partial charge in [-0.1, -0.05) is 30.0 Å². The van der Waals surface area contributed by atoms with Crippen molar-refractivity contribution >= 4 is 28.8 Å². The predicted molar refractivity (Wildman–Crippen MR) is 119 cm³/mol. The van der Waals surface area contributed by atoms with Gasteiger partial charge in [-0.05, 0) is 44.5 Å². The number of rotatable bonds is 11.